The van der Waals surface area contributed by atoms with Crippen molar-refractivity contribution < 1.29 is 14.3 Å². The lowest BCUT2D eigenvalue weighted by molar-refractivity contribution is -0.117. The Morgan fingerprint density at radius 2 is 1.94 bits per heavy atom. The molecular formula is C24H28BrN5O3. The van der Waals surface area contributed by atoms with E-state index < -0.39 is 17.6 Å². The van der Waals surface area contributed by atoms with Crippen molar-refractivity contribution in [3.63, 3.8) is 0 Å². The zero-order valence-electron chi connectivity index (χ0n) is 19.4. The molecule has 1 amide bonds. The van der Waals surface area contributed by atoms with Crippen molar-refractivity contribution in [3.8, 4) is 5.69 Å². The third-order valence-corrected chi connectivity index (χ3v) is 5.79. The van der Waals surface area contributed by atoms with Crippen LogP contribution < -0.4 is 5.32 Å². The zero-order chi connectivity index (χ0) is 23.9. The Bertz CT molecular complexity index is 1180. The van der Waals surface area contributed by atoms with Crippen LogP contribution in [0.5, 0.6) is 0 Å². The summed E-state index contributed by atoms with van der Waals surface area (Å²) in [6.07, 6.45) is 4.97. The molecule has 1 atom stereocenters. The number of nitrogens with zero attached hydrogens (tertiary/aromatic N) is 4. The summed E-state index contributed by atoms with van der Waals surface area (Å²) >= 11 is 3.51. The van der Waals surface area contributed by atoms with Crippen molar-refractivity contribution in [2.45, 2.75) is 64.9 Å². The quantitative estimate of drug-likeness (QED) is 0.483. The Morgan fingerprint density at radius 1 is 1.21 bits per heavy atom. The van der Waals surface area contributed by atoms with Gasteiger partial charge in [0.1, 0.15) is 11.4 Å². The second kappa shape index (κ2) is 8.78. The maximum Gasteiger partial charge on any atom is 0.437 e. The fourth-order valence-electron chi connectivity index (χ4n) is 3.45. The molecule has 1 saturated carbocycles. The van der Waals surface area contributed by atoms with E-state index in [0.29, 0.717) is 11.7 Å². The molecule has 174 valence electrons. The smallest absolute Gasteiger partial charge is 0.437 e. The third kappa shape index (κ3) is 5.52. The molecule has 1 N–H and O–H groups in total. The first-order valence-electron chi connectivity index (χ1n) is 11.0. The van der Waals surface area contributed by atoms with E-state index in [4.69, 9.17) is 4.74 Å². The fraction of sp³-hybridized carbons (Fsp3) is 0.417. The van der Waals surface area contributed by atoms with Crippen molar-refractivity contribution in [3.05, 3.63) is 58.0 Å². The molecule has 2 heterocycles. The Kier molecular flexibility index (Phi) is 6.18. The summed E-state index contributed by atoms with van der Waals surface area (Å²) in [7, 11) is 0. The molecule has 0 bridgehead atoms. The molecule has 1 unspecified atom stereocenters. The summed E-state index contributed by atoms with van der Waals surface area (Å²) in [6.45, 7) is 9.19. The molecule has 1 aliphatic carbocycles. The number of nitrogens with one attached hydrogen (secondary N) is 1. The van der Waals surface area contributed by atoms with Gasteiger partial charge in [-0.1, -0.05) is 15.9 Å². The van der Waals surface area contributed by atoms with Crippen LogP contribution >= 0.6 is 15.9 Å². The van der Waals surface area contributed by atoms with Crippen molar-refractivity contribution in [2.75, 3.05) is 5.32 Å². The van der Waals surface area contributed by atoms with Crippen LogP contribution in [0.25, 0.3) is 5.69 Å². The molecule has 0 radical (unpaired) electrons. The maximum absolute atomic E-state index is 13.1. The summed E-state index contributed by atoms with van der Waals surface area (Å²) in [5.41, 5.74) is 2.89. The fourth-order valence-corrected chi connectivity index (χ4v) is 4.04. The molecule has 33 heavy (non-hydrogen) atoms. The summed E-state index contributed by atoms with van der Waals surface area (Å²) < 4.78 is 9.32. The number of aromatic nitrogens is 4. The highest BCUT2D eigenvalue weighted by molar-refractivity contribution is 9.10. The minimum absolute atomic E-state index is 0.257. The molecule has 4 rings (SSSR count). The number of hydrogen-bond acceptors (Lipinski definition) is 5. The van der Waals surface area contributed by atoms with Gasteiger partial charge in [-0.2, -0.15) is 10.2 Å². The highest BCUT2D eigenvalue weighted by atomic mass is 79.9. The number of amides is 1. The van der Waals surface area contributed by atoms with E-state index in [1.807, 2.05) is 31.3 Å². The molecule has 0 saturated heterocycles. The molecule has 3 aromatic rings. The van der Waals surface area contributed by atoms with E-state index in [2.05, 4.69) is 31.4 Å². The number of anilines is 1. The van der Waals surface area contributed by atoms with E-state index in [1.165, 1.54) is 0 Å². The molecule has 9 heteroatoms. The van der Waals surface area contributed by atoms with E-state index >= 15 is 0 Å². The maximum atomic E-state index is 13.1. The minimum Gasteiger partial charge on any atom is -0.442 e. The number of ether oxygens (including phenoxy) is 1. The van der Waals surface area contributed by atoms with Crippen LogP contribution in [0.15, 0.2) is 41.1 Å². The molecule has 1 fully saturated rings. The molecule has 0 spiro atoms. The number of rotatable bonds is 5. The third-order valence-electron chi connectivity index (χ3n) is 5.33. The molecular weight excluding hydrogens is 486 g/mol. The highest BCUT2D eigenvalue weighted by Crippen LogP contribution is 2.40. The summed E-state index contributed by atoms with van der Waals surface area (Å²) in [6, 6.07) is 7.77. The van der Waals surface area contributed by atoms with Crippen molar-refractivity contribution in [1.82, 2.24) is 19.6 Å². The summed E-state index contributed by atoms with van der Waals surface area (Å²) in [5.74, 6) is -0.1000. The Balaban J connectivity index is 1.53. The number of carbonyl (C=O) groups excluding carboxylic acids is 2. The van der Waals surface area contributed by atoms with Crippen LogP contribution in [-0.2, 0) is 9.53 Å². The standard InChI is InChI=1S/C24H28BrN5O3/c1-14-8-18(25)10-19(9-14)29-13-17(12-26-29)15(2)22(31)27-21-11-20(16-6-7-16)28-30(21)23(32)33-24(3,4)5/h8-13,15-16H,6-7H2,1-5H3,(H,27,31). The Labute approximate surface area is 201 Å². The van der Waals surface area contributed by atoms with Crippen LogP contribution in [-0.4, -0.2) is 37.2 Å². The Hall–Kier alpha value is -2.94. The minimum atomic E-state index is -0.670. The van der Waals surface area contributed by atoms with Gasteiger partial charge >= 0.3 is 6.09 Å². The van der Waals surface area contributed by atoms with Crippen LogP contribution in [0.4, 0.5) is 10.6 Å². The normalized spacial score (nSPS) is 14.7. The number of halogens is 1. The Morgan fingerprint density at radius 3 is 2.58 bits per heavy atom. The van der Waals surface area contributed by atoms with Crippen LogP contribution in [0.1, 0.15) is 69.2 Å². The van der Waals surface area contributed by atoms with Gasteiger partial charge in [0.2, 0.25) is 5.91 Å². The SMILES string of the molecule is Cc1cc(Br)cc(-n2cc(C(C)C(=O)Nc3cc(C4CC4)nn3C(=O)OC(C)(C)C)cn2)c1. The monoisotopic (exact) mass is 513 g/mol. The lowest BCUT2D eigenvalue weighted by Crippen LogP contribution is -2.29. The van der Waals surface area contributed by atoms with E-state index in [-0.39, 0.29) is 5.91 Å². The number of carbonyl (C=O) groups is 2. The van der Waals surface area contributed by atoms with Gasteiger partial charge in [-0.3, -0.25) is 4.79 Å². The van der Waals surface area contributed by atoms with Gasteiger partial charge in [-0.15, -0.1) is 4.68 Å². The molecule has 2 aromatic heterocycles. The van der Waals surface area contributed by atoms with E-state index in [0.717, 1.165) is 44.5 Å². The molecule has 1 aromatic carbocycles. The average Bonchev–Trinajstić information content (AvgIpc) is 3.28. The van der Waals surface area contributed by atoms with Crippen LogP contribution in [0.3, 0.4) is 0 Å². The van der Waals surface area contributed by atoms with Gasteiger partial charge in [0.25, 0.3) is 0 Å². The number of benzene rings is 1. The van der Waals surface area contributed by atoms with E-state index in [9.17, 15) is 9.59 Å². The van der Waals surface area contributed by atoms with Gasteiger partial charge in [-0.25, -0.2) is 9.48 Å². The van der Waals surface area contributed by atoms with Gasteiger partial charge in [0.05, 0.1) is 23.5 Å². The molecule has 1 aliphatic rings. The highest BCUT2D eigenvalue weighted by Gasteiger charge is 2.31. The van der Waals surface area contributed by atoms with Crippen molar-refractivity contribution >= 4 is 33.7 Å². The predicted octanol–water partition coefficient (Wildman–Crippen LogP) is 5.54. The first-order chi connectivity index (χ1) is 15.5. The second-order valence-electron chi connectivity index (χ2n) is 9.54. The van der Waals surface area contributed by atoms with Gasteiger partial charge in [0.15, 0.2) is 0 Å². The van der Waals surface area contributed by atoms with Gasteiger partial charge in [-0.05, 0) is 71.2 Å². The van der Waals surface area contributed by atoms with Gasteiger partial charge < -0.3 is 10.1 Å². The predicted molar refractivity (Wildman–Crippen MR) is 129 cm³/mol. The summed E-state index contributed by atoms with van der Waals surface area (Å²) in [5, 5.41) is 11.7. The first-order valence-corrected chi connectivity index (χ1v) is 11.8. The first kappa shape index (κ1) is 23.2. The number of aryl methyl sites for hydroxylation is 1. The topological polar surface area (TPSA) is 91.0 Å². The van der Waals surface area contributed by atoms with Crippen molar-refractivity contribution in [1.29, 1.82) is 0 Å². The van der Waals surface area contributed by atoms with Crippen LogP contribution in [0, 0.1) is 6.92 Å². The van der Waals surface area contributed by atoms with Gasteiger partial charge in [0, 0.05) is 28.2 Å². The zero-order valence-corrected chi connectivity index (χ0v) is 21.0. The largest absolute Gasteiger partial charge is 0.442 e. The van der Waals surface area contributed by atoms with Crippen molar-refractivity contribution in [2.24, 2.45) is 0 Å². The molecule has 8 nitrogen and oxygen atoms in total. The average molecular weight is 514 g/mol. The second-order valence-corrected chi connectivity index (χ2v) is 10.5. The van der Waals surface area contributed by atoms with Crippen LogP contribution in [0.2, 0.25) is 0 Å². The number of hydrogen-bond donors (Lipinski definition) is 1. The molecule has 0 aliphatic heterocycles. The summed E-state index contributed by atoms with van der Waals surface area (Å²) in [4.78, 5) is 25.8. The lowest BCUT2D eigenvalue weighted by Gasteiger charge is -2.20. The lowest BCUT2D eigenvalue weighted by atomic mass is 10.0. The van der Waals surface area contributed by atoms with E-state index in [1.54, 1.807) is 44.6 Å².